The Morgan fingerprint density at radius 1 is 1.50 bits per heavy atom. The van der Waals surface area contributed by atoms with Crippen LogP contribution < -0.4 is 11.2 Å². The quantitative estimate of drug-likeness (QED) is 0.749. The van der Waals surface area contributed by atoms with E-state index in [4.69, 9.17) is 9.84 Å². The van der Waals surface area contributed by atoms with Gasteiger partial charge in [0.15, 0.2) is 0 Å². The van der Waals surface area contributed by atoms with Crippen LogP contribution in [0.1, 0.15) is 18.2 Å². The molecule has 0 saturated carbocycles. The number of ether oxygens (including phenoxy) is 1. The maximum Gasteiger partial charge on any atom is 0.330 e. The lowest BCUT2D eigenvalue weighted by atomic mass is 10.2. The third-order valence-electron chi connectivity index (χ3n) is 3.77. The molecule has 3 N–H and O–H groups in total. The van der Waals surface area contributed by atoms with Crippen molar-refractivity contribution < 1.29 is 14.9 Å². The molecule has 1 fully saturated rings. The van der Waals surface area contributed by atoms with Crippen molar-refractivity contribution in [3.05, 3.63) is 44.0 Å². The zero-order valence-corrected chi connectivity index (χ0v) is 12.7. The smallest absolute Gasteiger partial charge is 0.330 e. The van der Waals surface area contributed by atoms with Gasteiger partial charge in [-0.1, -0.05) is 0 Å². The van der Waals surface area contributed by atoms with Gasteiger partial charge < -0.3 is 14.9 Å². The van der Waals surface area contributed by atoms with Crippen LogP contribution >= 0.6 is 11.3 Å². The molecular weight excluding hydrogens is 308 g/mol. The third-order valence-corrected chi connectivity index (χ3v) is 4.82. The van der Waals surface area contributed by atoms with E-state index in [0.717, 1.165) is 10.4 Å². The molecule has 7 nitrogen and oxygen atoms in total. The normalized spacial score (nSPS) is 24.8. The highest BCUT2D eigenvalue weighted by Gasteiger charge is 2.35. The number of aliphatic hydroxyl groups excluding tert-OH is 2. The van der Waals surface area contributed by atoms with Crippen LogP contribution in [0, 0.1) is 6.92 Å². The SMILES string of the molecule is Cc1ccsc1-c1cn([C@@H]2C[C@H](O)[C@@H](CO)O2)c(=O)[nH]c1=O. The molecule has 0 spiro atoms. The number of thiophene rings is 1. The van der Waals surface area contributed by atoms with E-state index in [-0.39, 0.29) is 13.0 Å². The van der Waals surface area contributed by atoms with Gasteiger partial charge >= 0.3 is 5.69 Å². The number of hydrogen-bond donors (Lipinski definition) is 3. The number of nitrogens with one attached hydrogen (secondary N) is 1. The van der Waals surface area contributed by atoms with Crippen LogP contribution in [-0.4, -0.2) is 38.6 Å². The fourth-order valence-corrected chi connectivity index (χ4v) is 3.49. The average molecular weight is 324 g/mol. The minimum absolute atomic E-state index is 0.181. The molecule has 0 radical (unpaired) electrons. The van der Waals surface area contributed by atoms with E-state index >= 15 is 0 Å². The summed E-state index contributed by atoms with van der Waals surface area (Å²) < 4.78 is 6.74. The van der Waals surface area contributed by atoms with Crippen molar-refractivity contribution >= 4 is 11.3 Å². The van der Waals surface area contributed by atoms with Crippen LogP contribution in [0.15, 0.2) is 27.2 Å². The molecule has 8 heteroatoms. The fraction of sp³-hybridized carbons (Fsp3) is 0.429. The first-order valence-electron chi connectivity index (χ1n) is 6.85. The monoisotopic (exact) mass is 324 g/mol. The predicted octanol–water partition coefficient (Wildman–Crippen LogP) is 0.214. The van der Waals surface area contributed by atoms with Gasteiger partial charge in [0.1, 0.15) is 12.3 Å². The van der Waals surface area contributed by atoms with E-state index in [1.165, 1.54) is 22.1 Å². The molecule has 0 aromatic carbocycles. The predicted molar refractivity (Wildman–Crippen MR) is 81.0 cm³/mol. The van der Waals surface area contributed by atoms with Gasteiger partial charge in [-0.3, -0.25) is 14.3 Å². The van der Waals surface area contributed by atoms with Crippen LogP contribution in [0.4, 0.5) is 0 Å². The number of aromatic amines is 1. The fourth-order valence-electron chi connectivity index (χ4n) is 2.56. The third kappa shape index (κ3) is 2.54. The van der Waals surface area contributed by atoms with Crippen LogP contribution in [0.3, 0.4) is 0 Å². The summed E-state index contributed by atoms with van der Waals surface area (Å²) in [5.74, 6) is 0. The zero-order valence-electron chi connectivity index (χ0n) is 11.9. The Labute approximate surface area is 129 Å². The van der Waals surface area contributed by atoms with E-state index in [2.05, 4.69) is 4.98 Å². The lowest BCUT2D eigenvalue weighted by molar-refractivity contribution is -0.0458. The van der Waals surface area contributed by atoms with Gasteiger partial charge in [-0.05, 0) is 23.9 Å². The summed E-state index contributed by atoms with van der Waals surface area (Å²) in [6.07, 6.45) is -0.649. The van der Waals surface area contributed by atoms with Gasteiger partial charge in [0.2, 0.25) is 0 Å². The van der Waals surface area contributed by atoms with E-state index in [1.807, 2.05) is 18.4 Å². The molecule has 1 aliphatic heterocycles. The van der Waals surface area contributed by atoms with Gasteiger partial charge in [0.25, 0.3) is 5.56 Å². The van der Waals surface area contributed by atoms with Crippen molar-refractivity contribution in [1.29, 1.82) is 0 Å². The molecule has 3 atom stereocenters. The molecule has 2 aromatic rings. The van der Waals surface area contributed by atoms with Crippen LogP contribution in [0.5, 0.6) is 0 Å². The van der Waals surface area contributed by atoms with Gasteiger partial charge in [0, 0.05) is 17.5 Å². The molecule has 0 unspecified atom stereocenters. The summed E-state index contributed by atoms with van der Waals surface area (Å²) in [7, 11) is 0. The Balaban J connectivity index is 2.05. The van der Waals surface area contributed by atoms with Gasteiger partial charge in [-0.2, -0.15) is 0 Å². The molecule has 3 rings (SSSR count). The summed E-state index contributed by atoms with van der Waals surface area (Å²) in [4.78, 5) is 27.1. The lowest BCUT2D eigenvalue weighted by Crippen LogP contribution is -2.33. The number of hydrogen-bond acceptors (Lipinski definition) is 6. The van der Waals surface area contributed by atoms with Crippen LogP contribution in [0.2, 0.25) is 0 Å². The number of aryl methyl sites for hydroxylation is 1. The van der Waals surface area contributed by atoms with E-state index in [0.29, 0.717) is 5.56 Å². The molecule has 0 amide bonds. The maximum atomic E-state index is 12.1. The summed E-state index contributed by atoms with van der Waals surface area (Å²) in [6.45, 7) is 1.56. The second-order valence-corrected chi connectivity index (χ2v) is 6.17. The molecule has 22 heavy (non-hydrogen) atoms. The topological polar surface area (TPSA) is 105 Å². The minimum Gasteiger partial charge on any atom is -0.394 e. The summed E-state index contributed by atoms with van der Waals surface area (Å²) in [5, 5.41) is 20.8. The van der Waals surface area contributed by atoms with E-state index in [9.17, 15) is 14.7 Å². The number of nitrogens with zero attached hydrogens (tertiary/aromatic N) is 1. The Hall–Kier alpha value is -1.74. The van der Waals surface area contributed by atoms with E-state index < -0.39 is 29.7 Å². The molecule has 1 saturated heterocycles. The molecule has 2 aromatic heterocycles. The number of aliphatic hydroxyl groups is 2. The lowest BCUT2D eigenvalue weighted by Gasteiger charge is -2.15. The Kier molecular flexibility index (Phi) is 4.00. The maximum absolute atomic E-state index is 12.1. The van der Waals surface area contributed by atoms with Crippen molar-refractivity contribution in [3.8, 4) is 10.4 Å². The first-order chi connectivity index (χ1) is 10.5. The number of aromatic nitrogens is 2. The van der Waals surface area contributed by atoms with Crippen molar-refractivity contribution in [2.45, 2.75) is 31.8 Å². The second kappa shape index (κ2) is 5.81. The number of rotatable bonds is 3. The Morgan fingerprint density at radius 2 is 2.27 bits per heavy atom. The summed E-state index contributed by atoms with van der Waals surface area (Å²) in [6, 6.07) is 1.90. The first kappa shape index (κ1) is 15.2. The molecule has 118 valence electrons. The van der Waals surface area contributed by atoms with Crippen molar-refractivity contribution in [1.82, 2.24) is 9.55 Å². The molecule has 1 aliphatic rings. The molecule has 0 aliphatic carbocycles. The Bertz CT molecular complexity index is 793. The largest absolute Gasteiger partial charge is 0.394 e. The van der Waals surface area contributed by atoms with Crippen molar-refractivity contribution in [2.24, 2.45) is 0 Å². The summed E-state index contributed by atoms with van der Waals surface area (Å²) in [5.41, 5.74) is 0.279. The molecule has 0 bridgehead atoms. The minimum atomic E-state index is -0.847. The second-order valence-electron chi connectivity index (χ2n) is 5.26. The Morgan fingerprint density at radius 3 is 2.86 bits per heavy atom. The summed E-state index contributed by atoms with van der Waals surface area (Å²) >= 11 is 1.41. The average Bonchev–Trinajstić information content (AvgIpc) is 3.05. The zero-order chi connectivity index (χ0) is 15.9. The van der Waals surface area contributed by atoms with Gasteiger partial charge in [-0.15, -0.1) is 11.3 Å². The first-order valence-corrected chi connectivity index (χ1v) is 7.73. The number of H-pyrrole nitrogens is 1. The molecule has 3 heterocycles. The van der Waals surface area contributed by atoms with Gasteiger partial charge in [0.05, 0.1) is 18.3 Å². The van der Waals surface area contributed by atoms with Crippen LogP contribution in [-0.2, 0) is 4.74 Å². The van der Waals surface area contributed by atoms with Crippen molar-refractivity contribution in [3.63, 3.8) is 0 Å². The van der Waals surface area contributed by atoms with E-state index in [1.54, 1.807) is 0 Å². The highest BCUT2D eigenvalue weighted by atomic mass is 32.1. The van der Waals surface area contributed by atoms with Crippen LogP contribution in [0.25, 0.3) is 10.4 Å². The molecular formula is C14H16N2O5S. The van der Waals surface area contributed by atoms with Gasteiger partial charge in [-0.25, -0.2) is 4.79 Å². The standard InChI is InChI=1S/C14H16N2O5S/c1-7-2-3-22-12(7)8-5-16(14(20)15-13(8)19)11-4-9(18)10(6-17)21-11/h2-3,5,9-11,17-18H,4,6H2,1H3,(H,15,19,20)/t9-,10+,11-/m0/s1. The van der Waals surface area contributed by atoms with Crippen molar-refractivity contribution in [2.75, 3.05) is 6.61 Å². The highest BCUT2D eigenvalue weighted by molar-refractivity contribution is 7.13. The highest BCUT2D eigenvalue weighted by Crippen LogP contribution is 2.30.